The zero-order valence-electron chi connectivity index (χ0n) is 10.1. The number of rotatable bonds is 4. The molecule has 0 aliphatic carbocycles. The second-order valence-electron chi connectivity index (χ2n) is 3.94. The Balaban J connectivity index is 2.08. The lowest BCUT2D eigenvalue weighted by Crippen LogP contribution is -1.98. The molecule has 0 saturated carbocycles. The van der Waals surface area contributed by atoms with Gasteiger partial charge in [0.25, 0.3) is 0 Å². The molecule has 0 fully saturated rings. The second kappa shape index (κ2) is 5.41. The van der Waals surface area contributed by atoms with Gasteiger partial charge in [0.15, 0.2) is 0 Å². The predicted octanol–water partition coefficient (Wildman–Crippen LogP) is 4.66. The summed E-state index contributed by atoms with van der Waals surface area (Å²) in [6.45, 7) is 1.50. The number of hydrogen-bond acceptors (Lipinski definition) is 3. The summed E-state index contributed by atoms with van der Waals surface area (Å²) in [6, 6.07) is 10.7. The zero-order valence-corrected chi connectivity index (χ0v) is 11.0. The Morgan fingerprint density at radius 2 is 1.11 bits per heavy atom. The van der Waals surface area contributed by atoms with Crippen LogP contribution in [0.1, 0.15) is 0 Å². The monoisotopic (exact) mass is 283 g/mol. The minimum atomic E-state index is -2.91. The molecule has 2 aromatic rings. The van der Waals surface area contributed by atoms with Gasteiger partial charge in [-0.1, -0.05) is 0 Å². The molecule has 0 aliphatic rings. The number of hydrogen-bond donors (Lipinski definition) is 1. The van der Waals surface area contributed by atoms with Crippen molar-refractivity contribution in [3.8, 4) is 11.5 Å². The third-order valence-electron chi connectivity index (χ3n) is 2.19. The van der Waals surface area contributed by atoms with Gasteiger partial charge in [-0.2, -0.15) is 0 Å². The van der Waals surface area contributed by atoms with E-state index in [2.05, 4.69) is 0 Å². The maximum atomic E-state index is 12.7. The van der Waals surface area contributed by atoms with Crippen molar-refractivity contribution in [3.05, 3.63) is 60.2 Å². The summed E-state index contributed by atoms with van der Waals surface area (Å²) in [6.07, 6.45) is 0. The first-order chi connectivity index (χ1) is 8.94. The molecule has 0 saturated heterocycles. The van der Waals surface area contributed by atoms with Gasteiger partial charge in [-0.3, -0.25) is 0 Å². The van der Waals surface area contributed by atoms with E-state index in [4.69, 9.17) is 14.2 Å². The Bertz CT molecular complexity index is 548. The molecule has 0 unspecified atom stereocenters. The fraction of sp³-hybridized carbons (Fsp3) is 0.0769. The molecule has 100 valence electrons. The van der Waals surface area contributed by atoms with Crippen molar-refractivity contribution in [1.82, 2.24) is 0 Å². The molecular weight excluding hydrogens is 271 g/mol. The molecule has 19 heavy (non-hydrogen) atoms. The summed E-state index contributed by atoms with van der Waals surface area (Å²) in [7, 11) is -2.91. The van der Waals surface area contributed by atoms with Gasteiger partial charge in [0, 0.05) is 6.66 Å². The van der Waals surface area contributed by atoms with E-state index in [1.54, 1.807) is 0 Å². The first-order valence-corrected chi connectivity index (χ1v) is 7.54. The molecule has 3 nitrogen and oxygen atoms in total. The molecule has 2 aromatic carbocycles. The summed E-state index contributed by atoms with van der Waals surface area (Å²) >= 11 is 0. The lowest BCUT2D eigenvalue weighted by Gasteiger charge is -2.19. The highest BCUT2D eigenvalue weighted by Crippen LogP contribution is 2.45. The van der Waals surface area contributed by atoms with Crippen LogP contribution in [0.2, 0.25) is 0 Å². The van der Waals surface area contributed by atoms with Crippen LogP contribution in [0.15, 0.2) is 48.5 Å². The standard InChI is InChI=1S/C13H12F2NO2P/c1-19(16,17-12-6-2-10(14)3-7-12)18-13-8-4-11(15)5-9-13/h2-9,16H,1H3. The van der Waals surface area contributed by atoms with Gasteiger partial charge >= 0.3 is 7.51 Å². The molecule has 0 amide bonds. The smallest absolute Gasteiger partial charge is 0.308 e. The van der Waals surface area contributed by atoms with Gasteiger partial charge in [-0.05, 0) is 48.5 Å². The Labute approximate surface area is 109 Å². The third kappa shape index (κ3) is 4.07. The van der Waals surface area contributed by atoms with Crippen molar-refractivity contribution in [2.24, 2.45) is 0 Å². The minimum absolute atomic E-state index is 0.356. The van der Waals surface area contributed by atoms with Gasteiger partial charge in [-0.15, -0.1) is 0 Å². The number of halogens is 2. The molecule has 0 heterocycles. The molecule has 1 N–H and O–H groups in total. The fourth-order valence-electron chi connectivity index (χ4n) is 1.41. The lowest BCUT2D eigenvalue weighted by molar-refractivity contribution is 0.476. The molecule has 0 bridgehead atoms. The molecule has 0 atom stereocenters. The third-order valence-corrected chi connectivity index (χ3v) is 3.30. The summed E-state index contributed by atoms with van der Waals surface area (Å²) in [5, 5.41) is 7.99. The second-order valence-corrected chi connectivity index (χ2v) is 5.99. The Kier molecular flexibility index (Phi) is 3.86. The van der Waals surface area contributed by atoms with Crippen molar-refractivity contribution in [1.29, 1.82) is 5.16 Å². The highest BCUT2D eigenvalue weighted by atomic mass is 31.2. The summed E-state index contributed by atoms with van der Waals surface area (Å²) in [5.41, 5.74) is 0. The van der Waals surface area contributed by atoms with Crippen LogP contribution in [0.4, 0.5) is 8.78 Å². The van der Waals surface area contributed by atoms with Crippen molar-refractivity contribution < 1.29 is 17.8 Å². The van der Waals surface area contributed by atoms with E-state index in [0.29, 0.717) is 11.5 Å². The highest BCUT2D eigenvalue weighted by molar-refractivity contribution is 7.55. The average Bonchev–Trinajstić information content (AvgIpc) is 2.34. The quantitative estimate of drug-likeness (QED) is 0.829. The van der Waals surface area contributed by atoms with Gasteiger partial charge in [0.1, 0.15) is 23.1 Å². The Morgan fingerprint density at radius 3 is 1.42 bits per heavy atom. The minimum Gasteiger partial charge on any atom is -0.430 e. The molecule has 6 heteroatoms. The van der Waals surface area contributed by atoms with Crippen LogP contribution in [0.5, 0.6) is 11.5 Å². The summed E-state index contributed by atoms with van der Waals surface area (Å²) in [4.78, 5) is 0. The van der Waals surface area contributed by atoms with Crippen LogP contribution in [-0.2, 0) is 0 Å². The normalized spacial score (nSPS) is 11.1. The van der Waals surface area contributed by atoms with E-state index in [1.807, 2.05) is 0 Å². The molecule has 2 rings (SSSR count). The van der Waals surface area contributed by atoms with Crippen LogP contribution in [0.25, 0.3) is 0 Å². The van der Waals surface area contributed by atoms with Crippen molar-refractivity contribution >= 4 is 7.51 Å². The zero-order chi connectivity index (χ0) is 13.9. The number of nitrogens with one attached hydrogen (secondary N) is 1. The van der Waals surface area contributed by atoms with Crippen LogP contribution < -0.4 is 9.05 Å². The molecule has 0 spiro atoms. The highest BCUT2D eigenvalue weighted by Gasteiger charge is 2.15. The van der Waals surface area contributed by atoms with E-state index in [1.165, 1.54) is 55.2 Å². The molecule has 0 aliphatic heterocycles. The average molecular weight is 283 g/mol. The van der Waals surface area contributed by atoms with E-state index in [0.717, 1.165) is 0 Å². The first kappa shape index (κ1) is 13.6. The van der Waals surface area contributed by atoms with Crippen molar-refractivity contribution in [3.63, 3.8) is 0 Å². The first-order valence-electron chi connectivity index (χ1n) is 5.46. The van der Waals surface area contributed by atoms with Crippen LogP contribution >= 0.6 is 7.51 Å². The van der Waals surface area contributed by atoms with E-state index in [-0.39, 0.29) is 11.6 Å². The van der Waals surface area contributed by atoms with E-state index in [9.17, 15) is 8.78 Å². The van der Waals surface area contributed by atoms with Crippen molar-refractivity contribution in [2.45, 2.75) is 0 Å². The predicted molar refractivity (Wildman–Crippen MR) is 69.6 cm³/mol. The van der Waals surface area contributed by atoms with E-state index >= 15 is 0 Å². The molecule has 0 radical (unpaired) electrons. The Morgan fingerprint density at radius 1 is 0.789 bits per heavy atom. The molecule has 0 aromatic heterocycles. The largest absolute Gasteiger partial charge is 0.430 e. The fourth-order valence-corrected chi connectivity index (χ4v) is 2.50. The van der Waals surface area contributed by atoms with Crippen molar-refractivity contribution in [2.75, 3.05) is 6.66 Å². The van der Waals surface area contributed by atoms with Gasteiger partial charge < -0.3 is 9.05 Å². The van der Waals surface area contributed by atoms with Gasteiger partial charge in [0.2, 0.25) is 0 Å². The maximum Gasteiger partial charge on any atom is 0.308 e. The topological polar surface area (TPSA) is 42.3 Å². The Hall–Kier alpha value is -1.87. The van der Waals surface area contributed by atoms with Gasteiger partial charge in [0.05, 0.1) is 0 Å². The summed E-state index contributed by atoms with van der Waals surface area (Å²) in [5.74, 6) is -0.0441. The van der Waals surface area contributed by atoms with Crippen LogP contribution in [0.3, 0.4) is 0 Å². The molecular formula is C13H12F2NO2P. The van der Waals surface area contributed by atoms with Crippen LogP contribution in [-0.4, -0.2) is 6.66 Å². The van der Waals surface area contributed by atoms with Crippen LogP contribution in [0, 0.1) is 16.8 Å². The summed E-state index contributed by atoms with van der Waals surface area (Å²) < 4.78 is 36.3. The SMILES string of the molecule is CP(=N)(Oc1ccc(F)cc1)Oc1ccc(F)cc1. The lowest BCUT2D eigenvalue weighted by atomic mass is 10.3. The maximum absolute atomic E-state index is 12.7. The van der Waals surface area contributed by atoms with Gasteiger partial charge in [-0.25, -0.2) is 13.9 Å². The van der Waals surface area contributed by atoms with E-state index < -0.39 is 7.51 Å². The number of benzene rings is 2.